The number of halogens is 2. The fourth-order valence-electron chi connectivity index (χ4n) is 3.68. The van der Waals surface area contributed by atoms with Gasteiger partial charge in [-0.1, -0.05) is 35.9 Å². The summed E-state index contributed by atoms with van der Waals surface area (Å²) in [4.78, 5) is 9.13. The van der Waals surface area contributed by atoms with Crippen LogP contribution < -0.4 is 20.3 Å². The summed E-state index contributed by atoms with van der Waals surface area (Å²) >= 11 is 6.57. The molecule has 2 aromatic carbocycles. The first-order chi connectivity index (χ1) is 14.6. The van der Waals surface area contributed by atoms with Gasteiger partial charge in [-0.2, -0.15) is 0 Å². The van der Waals surface area contributed by atoms with E-state index in [1.165, 1.54) is 11.3 Å². The molecule has 170 valence electrons. The number of benzene rings is 2. The Kier molecular flexibility index (Phi) is 10.7. The van der Waals surface area contributed by atoms with Crippen LogP contribution in [0.4, 0.5) is 5.69 Å². The average Bonchev–Trinajstić information content (AvgIpc) is 2.77. The van der Waals surface area contributed by atoms with Crippen molar-refractivity contribution in [3.8, 4) is 5.75 Å². The van der Waals surface area contributed by atoms with Gasteiger partial charge in [-0.3, -0.25) is 4.99 Å². The van der Waals surface area contributed by atoms with Crippen LogP contribution in [0.15, 0.2) is 47.5 Å². The van der Waals surface area contributed by atoms with Crippen molar-refractivity contribution in [1.82, 2.24) is 15.5 Å². The van der Waals surface area contributed by atoms with Crippen LogP contribution in [0.3, 0.4) is 0 Å². The van der Waals surface area contributed by atoms with E-state index in [1.54, 1.807) is 14.2 Å². The highest BCUT2D eigenvalue weighted by atomic mass is 127. The molecule has 0 amide bonds. The summed E-state index contributed by atoms with van der Waals surface area (Å²) in [5.74, 6) is 1.67. The molecule has 0 unspecified atom stereocenters. The lowest BCUT2D eigenvalue weighted by molar-refractivity contribution is 0.312. The first-order valence-electron chi connectivity index (χ1n) is 10.4. The second-order valence-corrected chi connectivity index (χ2v) is 7.85. The van der Waals surface area contributed by atoms with Crippen LogP contribution in [0.1, 0.15) is 11.1 Å². The van der Waals surface area contributed by atoms with Crippen molar-refractivity contribution in [3.63, 3.8) is 0 Å². The predicted octanol–water partition coefficient (Wildman–Crippen LogP) is 3.63. The van der Waals surface area contributed by atoms with Gasteiger partial charge in [0.2, 0.25) is 0 Å². The van der Waals surface area contributed by atoms with Crippen molar-refractivity contribution in [3.05, 3.63) is 58.6 Å². The maximum atomic E-state index is 6.57. The number of anilines is 1. The number of guanidine groups is 1. The molecule has 1 heterocycles. The highest BCUT2D eigenvalue weighted by molar-refractivity contribution is 14.0. The molecule has 0 aliphatic carbocycles. The maximum Gasteiger partial charge on any atom is 0.191 e. The Hall–Kier alpha value is -1.71. The van der Waals surface area contributed by atoms with E-state index in [0.717, 1.165) is 61.4 Å². The number of likely N-dealkylation sites (N-methyl/N-ethyl adjacent to an activating group) is 1. The lowest BCUT2D eigenvalue weighted by atomic mass is 10.1. The lowest BCUT2D eigenvalue weighted by Gasteiger charge is -2.35. The van der Waals surface area contributed by atoms with Gasteiger partial charge in [0.15, 0.2) is 5.96 Å². The third-order valence-electron chi connectivity index (χ3n) is 5.47. The van der Waals surface area contributed by atoms with Gasteiger partial charge in [0, 0.05) is 62.6 Å². The van der Waals surface area contributed by atoms with Gasteiger partial charge >= 0.3 is 0 Å². The molecule has 0 radical (unpaired) electrons. The Balaban J connectivity index is 0.00000341. The van der Waals surface area contributed by atoms with Crippen molar-refractivity contribution in [1.29, 1.82) is 0 Å². The standard InChI is InChI=1S/C23H32ClN5O.HI/c1-25-23(26-12-11-18-7-4-5-10-22(18)30-3)27-17-19-20(24)8-6-9-21(19)29-15-13-28(2)14-16-29;/h4-10H,11-17H2,1-3H3,(H2,25,26,27);1H. The summed E-state index contributed by atoms with van der Waals surface area (Å²) in [6.45, 7) is 5.52. The van der Waals surface area contributed by atoms with Crippen LogP contribution in [0.2, 0.25) is 5.02 Å². The summed E-state index contributed by atoms with van der Waals surface area (Å²) < 4.78 is 5.43. The number of methoxy groups -OCH3 is 1. The summed E-state index contributed by atoms with van der Waals surface area (Å²) in [5.41, 5.74) is 3.48. The molecule has 0 atom stereocenters. The second kappa shape index (κ2) is 13.0. The monoisotopic (exact) mass is 557 g/mol. The van der Waals surface area contributed by atoms with E-state index in [0.29, 0.717) is 6.54 Å². The molecular weight excluding hydrogens is 525 g/mol. The number of aliphatic imine (C=N–C) groups is 1. The molecule has 31 heavy (non-hydrogen) atoms. The number of hydrogen-bond donors (Lipinski definition) is 2. The number of nitrogens with one attached hydrogen (secondary N) is 2. The summed E-state index contributed by atoms with van der Waals surface area (Å²) in [6.07, 6.45) is 0.851. The van der Waals surface area contributed by atoms with Crippen molar-refractivity contribution < 1.29 is 4.74 Å². The molecule has 0 saturated carbocycles. The Morgan fingerprint density at radius 3 is 2.52 bits per heavy atom. The van der Waals surface area contributed by atoms with Gasteiger partial charge in [0.25, 0.3) is 0 Å². The van der Waals surface area contributed by atoms with Crippen LogP contribution >= 0.6 is 35.6 Å². The van der Waals surface area contributed by atoms with Crippen molar-refractivity contribution in [2.45, 2.75) is 13.0 Å². The molecule has 1 aliphatic rings. The van der Waals surface area contributed by atoms with Crippen LogP contribution in [0.25, 0.3) is 0 Å². The van der Waals surface area contributed by atoms with Gasteiger partial charge in [-0.05, 0) is 37.2 Å². The van der Waals surface area contributed by atoms with E-state index in [1.807, 2.05) is 30.3 Å². The van der Waals surface area contributed by atoms with Crippen molar-refractivity contribution in [2.24, 2.45) is 4.99 Å². The summed E-state index contributed by atoms with van der Waals surface area (Å²) in [6, 6.07) is 14.2. The van der Waals surface area contributed by atoms with E-state index in [2.05, 4.69) is 44.6 Å². The first-order valence-corrected chi connectivity index (χ1v) is 10.8. The summed E-state index contributed by atoms with van der Waals surface area (Å²) in [5, 5.41) is 7.58. The highest BCUT2D eigenvalue weighted by Gasteiger charge is 2.18. The molecule has 1 fully saturated rings. The molecule has 1 saturated heterocycles. The minimum atomic E-state index is 0. The Bertz CT molecular complexity index is 856. The molecule has 8 heteroatoms. The van der Waals surface area contributed by atoms with Gasteiger partial charge in [-0.15, -0.1) is 24.0 Å². The fraction of sp³-hybridized carbons (Fsp3) is 0.435. The van der Waals surface area contributed by atoms with E-state index in [-0.39, 0.29) is 24.0 Å². The number of piperazine rings is 1. The van der Waals surface area contributed by atoms with Crippen molar-refractivity contribution in [2.75, 3.05) is 58.8 Å². The molecule has 0 bridgehead atoms. The normalized spacial score (nSPS) is 14.7. The molecule has 0 aromatic heterocycles. The predicted molar refractivity (Wildman–Crippen MR) is 141 cm³/mol. The van der Waals surface area contributed by atoms with E-state index >= 15 is 0 Å². The molecule has 2 aromatic rings. The second-order valence-electron chi connectivity index (χ2n) is 7.44. The molecule has 0 spiro atoms. The highest BCUT2D eigenvalue weighted by Crippen LogP contribution is 2.28. The number of hydrogen-bond acceptors (Lipinski definition) is 4. The summed E-state index contributed by atoms with van der Waals surface area (Å²) in [7, 11) is 5.65. The third kappa shape index (κ3) is 7.15. The van der Waals surface area contributed by atoms with Crippen LogP contribution in [-0.2, 0) is 13.0 Å². The lowest BCUT2D eigenvalue weighted by Crippen LogP contribution is -2.45. The van der Waals surface area contributed by atoms with Crippen molar-refractivity contribution >= 4 is 47.2 Å². The molecule has 6 nitrogen and oxygen atoms in total. The Morgan fingerprint density at radius 1 is 1.06 bits per heavy atom. The van der Waals surface area contributed by atoms with Gasteiger partial charge in [0.05, 0.1) is 7.11 Å². The number of nitrogens with zero attached hydrogens (tertiary/aromatic N) is 3. The Labute approximate surface area is 208 Å². The number of rotatable bonds is 7. The zero-order valence-electron chi connectivity index (χ0n) is 18.5. The smallest absolute Gasteiger partial charge is 0.191 e. The first kappa shape index (κ1) is 25.5. The zero-order valence-corrected chi connectivity index (χ0v) is 21.6. The SMILES string of the molecule is CN=C(NCCc1ccccc1OC)NCc1c(Cl)cccc1N1CCN(C)CC1.I. The van der Waals surface area contributed by atoms with Gasteiger partial charge < -0.3 is 25.2 Å². The quantitative estimate of drug-likeness (QED) is 0.309. The molecule has 1 aliphatic heterocycles. The Morgan fingerprint density at radius 2 is 1.81 bits per heavy atom. The van der Waals surface area contributed by atoms with Gasteiger partial charge in [0.1, 0.15) is 5.75 Å². The molecule has 2 N–H and O–H groups in total. The minimum Gasteiger partial charge on any atom is -0.496 e. The fourth-order valence-corrected chi connectivity index (χ4v) is 3.92. The van der Waals surface area contributed by atoms with E-state index < -0.39 is 0 Å². The van der Waals surface area contributed by atoms with E-state index in [9.17, 15) is 0 Å². The number of para-hydroxylation sites is 1. The molecular formula is C23H33ClIN5O. The third-order valence-corrected chi connectivity index (χ3v) is 5.83. The largest absolute Gasteiger partial charge is 0.496 e. The van der Waals surface area contributed by atoms with Crippen LogP contribution in [-0.4, -0.2) is 64.8 Å². The van der Waals surface area contributed by atoms with Gasteiger partial charge in [-0.25, -0.2) is 0 Å². The minimum absolute atomic E-state index is 0. The van der Waals surface area contributed by atoms with Crippen LogP contribution in [0.5, 0.6) is 5.75 Å². The zero-order chi connectivity index (χ0) is 21.3. The topological polar surface area (TPSA) is 52.1 Å². The number of ether oxygens (including phenoxy) is 1. The van der Waals surface area contributed by atoms with Crippen LogP contribution in [0, 0.1) is 0 Å². The van der Waals surface area contributed by atoms with E-state index in [4.69, 9.17) is 16.3 Å². The molecule has 3 rings (SSSR count). The average molecular weight is 558 g/mol. The maximum absolute atomic E-state index is 6.57.